The highest BCUT2D eigenvalue weighted by atomic mass is 79.9. The summed E-state index contributed by atoms with van der Waals surface area (Å²) in [5.41, 5.74) is 2.72. The minimum absolute atomic E-state index is 0.0643. The van der Waals surface area contributed by atoms with Crippen LogP contribution >= 0.6 is 15.9 Å². The second-order valence-electron chi connectivity index (χ2n) is 6.03. The third-order valence-electron chi connectivity index (χ3n) is 4.40. The van der Waals surface area contributed by atoms with E-state index in [4.69, 9.17) is 0 Å². The van der Waals surface area contributed by atoms with Gasteiger partial charge < -0.3 is 5.32 Å². The van der Waals surface area contributed by atoms with Crippen LogP contribution in [0.3, 0.4) is 0 Å². The highest BCUT2D eigenvalue weighted by molar-refractivity contribution is 9.10. The maximum Gasteiger partial charge on any atom is 0.344 e. The van der Waals surface area contributed by atoms with Crippen LogP contribution in [-0.4, -0.2) is 22.9 Å². The van der Waals surface area contributed by atoms with Crippen LogP contribution in [0.25, 0.3) is 0 Å². The van der Waals surface area contributed by atoms with E-state index in [1.54, 1.807) is 36.4 Å². The highest BCUT2D eigenvalue weighted by Gasteiger charge is 2.52. The summed E-state index contributed by atoms with van der Waals surface area (Å²) in [6.45, 7) is 1.82. The topological polar surface area (TPSA) is 78.5 Å². The number of halogens is 1. The lowest BCUT2D eigenvalue weighted by atomic mass is 9.87. The van der Waals surface area contributed by atoms with Gasteiger partial charge in [0.15, 0.2) is 0 Å². The second kappa shape index (κ2) is 7.29. The molecule has 1 saturated heterocycles. The van der Waals surface area contributed by atoms with Crippen molar-refractivity contribution in [1.82, 2.24) is 15.8 Å². The molecule has 0 radical (unpaired) electrons. The molecule has 0 aliphatic carbocycles. The van der Waals surface area contributed by atoms with E-state index in [2.05, 4.69) is 26.7 Å². The van der Waals surface area contributed by atoms with Crippen molar-refractivity contribution in [3.8, 4) is 0 Å². The van der Waals surface area contributed by atoms with E-state index in [1.165, 1.54) is 0 Å². The van der Waals surface area contributed by atoms with Crippen LogP contribution in [0.4, 0.5) is 4.79 Å². The molecule has 2 aromatic carbocycles. The van der Waals surface area contributed by atoms with Crippen LogP contribution in [0.5, 0.6) is 0 Å². The lowest BCUT2D eigenvalue weighted by Crippen LogP contribution is -2.49. The van der Waals surface area contributed by atoms with Gasteiger partial charge in [0, 0.05) is 4.47 Å². The molecule has 134 valence electrons. The molecule has 1 aliphatic rings. The number of nitrogens with one attached hydrogen (secondary N) is 2. The van der Waals surface area contributed by atoms with Crippen molar-refractivity contribution in [3.05, 3.63) is 70.2 Å². The van der Waals surface area contributed by atoms with E-state index in [0.29, 0.717) is 12.0 Å². The third-order valence-corrected chi connectivity index (χ3v) is 4.93. The summed E-state index contributed by atoms with van der Waals surface area (Å²) in [5, 5.41) is 3.50. The molecule has 1 fully saturated rings. The predicted octanol–water partition coefficient (Wildman–Crippen LogP) is 2.88. The zero-order valence-electron chi connectivity index (χ0n) is 14.2. The van der Waals surface area contributed by atoms with Gasteiger partial charge in [-0.1, -0.05) is 65.3 Å². The Morgan fingerprint density at radius 3 is 2.38 bits per heavy atom. The lowest BCUT2D eigenvalue weighted by Gasteiger charge is -2.25. The number of carbonyl (C=O) groups is 3. The minimum atomic E-state index is -1.16. The second-order valence-corrected chi connectivity index (χ2v) is 6.95. The largest absolute Gasteiger partial charge is 0.344 e. The fourth-order valence-corrected chi connectivity index (χ4v) is 3.25. The van der Waals surface area contributed by atoms with Crippen molar-refractivity contribution >= 4 is 33.8 Å². The van der Waals surface area contributed by atoms with Crippen LogP contribution in [0, 0.1) is 0 Å². The summed E-state index contributed by atoms with van der Waals surface area (Å²) in [6.07, 6.45) is 0.440. The molecule has 2 aromatic rings. The first-order chi connectivity index (χ1) is 12.5. The highest BCUT2D eigenvalue weighted by Crippen LogP contribution is 2.31. The molecule has 26 heavy (non-hydrogen) atoms. The number of carbonyl (C=O) groups excluding carboxylic acids is 3. The van der Waals surface area contributed by atoms with Gasteiger partial charge in [0.05, 0.1) is 6.42 Å². The fourth-order valence-electron chi connectivity index (χ4n) is 2.99. The molecule has 1 aliphatic heterocycles. The van der Waals surface area contributed by atoms with Gasteiger partial charge in [-0.15, -0.1) is 0 Å². The normalized spacial score (nSPS) is 19.4. The van der Waals surface area contributed by atoms with Crippen LogP contribution < -0.4 is 10.7 Å². The molecular weight excluding hydrogens is 398 g/mol. The summed E-state index contributed by atoms with van der Waals surface area (Å²) < 4.78 is 0.909. The summed E-state index contributed by atoms with van der Waals surface area (Å²) in [5.74, 6) is -0.920. The van der Waals surface area contributed by atoms with Gasteiger partial charge in [-0.2, -0.15) is 5.01 Å². The van der Waals surface area contributed by atoms with Crippen molar-refractivity contribution in [2.24, 2.45) is 0 Å². The molecular formula is C19H18BrN3O3. The average Bonchev–Trinajstić information content (AvgIpc) is 2.89. The molecule has 0 bridgehead atoms. The molecule has 4 amide bonds. The molecule has 1 heterocycles. The number of imide groups is 1. The van der Waals surface area contributed by atoms with E-state index in [0.717, 1.165) is 15.0 Å². The number of benzene rings is 2. The van der Waals surface area contributed by atoms with Gasteiger partial charge in [-0.25, -0.2) is 4.79 Å². The van der Waals surface area contributed by atoms with Crippen molar-refractivity contribution in [1.29, 1.82) is 0 Å². The number of urea groups is 1. The summed E-state index contributed by atoms with van der Waals surface area (Å²) in [6, 6.07) is 15.6. The maximum absolute atomic E-state index is 12.9. The Hall–Kier alpha value is -2.67. The SMILES string of the molecule is CC[C@]1(c2ccccc2)NC(=O)N(NC(=O)Cc2ccc(Br)cc2)C1=O. The van der Waals surface area contributed by atoms with E-state index in [1.807, 2.05) is 25.1 Å². The Morgan fingerprint density at radius 2 is 1.77 bits per heavy atom. The molecule has 0 saturated carbocycles. The first-order valence-electron chi connectivity index (χ1n) is 8.22. The van der Waals surface area contributed by atoms with E-state index >= 15 is 0 Å². The van der Waals surface area contributed by atoms with Crippen molar-refractivity contribution < 1.29 is 14.4 Å². The van der Waals surface area contributed by atoms with Gasteiger partial charge in [-0.3, -0.25) is 15.0 Å². The smallest absolute Gasteiger partial charge is 0.318 e. The van der Waals surface area contributed by atoms with E-state index in [-0.39, 0.29) is 6.42 Å². The zero-order chi connectivity index (χ0) is 18.7. The Bertz CT molecular complexity index is 839. The van der Waals surface area contributed by atoms with Crippen molar-refractivity contribution in [2.45, 2.75) is 25.3 Å². The van der Waals surface area contributed by atoms with Crippen LogP contribution in [0.2, 0.25) is 0 Å². The number of hydrazine groups is 1. The predicted molar refractivity (Wildman–Crippen MR) is 99.8 cm³/mol. The quantitative estimate of drug-likeness (QED) is 0.736. The first-order valence-corrected chi connectivity index (χ1v) is 9.01. The summed E-state index contributed by atoms with van der Waals surface area (Å²) in [4.78, 5) is 37.5. The fraction of sp³-hybridized carbons (Fsp3) is 0.211. The standard InChI is InChI=1S/C19H18BrN3O3/c1-2-19(14-6-4-3-5-7-14)17(25)23(18(26)21-19)22-16(24)12-13-8-10-15(20)11-9-13/h3-11H,2,12H2,1H3,(H,21,26)(H,22,24)/t19-/m1/s1. The number of hydrogen-bond acceptors (Lipinski definition) is 3. The maximum atomic E-state index is 12.9. The molecule has 7 heteroatoms. The van der Waals surface area contributed by atoms with Gasteiger partial charge in [0.2, 0.25) is 5.91 Å². The molecule has 1 atom stereocenters. The van der Waals surface area contributed by atoms with E-state index < -0.39 is 23.4 Å². The lowest BCUT2D eigenvalue weighted by molar-refractivity contribution is -0.139. The molecule has 0 spiro atoms. The van der Waals surface area contributed by atoms with Crippen LogP contribution in [-0.2, 0) is 21.5 Å². The van der Waals surface area contributed by atoms with Gasteiger partial charge in [0.25, 0.3) is 5.91 Å². The third kappa shape index (κ3) is 3.35. The molecule has 6 nitrogen and oxygen atoms in total. The Balaban J connectivity index is 1.76. The average molecular weight is 416 g/mol. The molecule has 0 unspecified atom stereocenters. The van der Waals surface area contributed by atoms with Gasteiger partial charge >= 0.3 is 6.03 Å². The minimum Gasteiger partial charge on any atom is -0.318 e. The summed E-state index contributed by atoms with van der Waals surface area (Å²) >= 11 is 3.33. The summed E-state index contributed by atoms with van der Waals surface area (Å²) in [7, 11) is 0. The molecule has 3 rings (SSSR count). The van der Waals surface area contributed by atoms with Gasteiger partial charge in [-0.05, 0) is 29.7 Å². The zero-order valence-corrected chi connectivity index (χ0v) is 15.7. The number of amides is 4. The Labute approximate surface area is 159 Å². The van der Waals surface area contributed by atoms with Crippen molar-refractivity contribution in [3.63, 3.8) is 0 Å². The van der Waals surface area contributed by atoms with E-state index in [9.17, 15) is 14.4 Å². The van der Waals surface area contributed by atoms with Crippen LogP contribution in [0.15, 0.2) is 59.1 Å². The molecule has 0 aromatic heterocycles. The van der Waals surface area contributed by atoms with Gasteiger partial charge in [0.1, 0.15) is 5.54 Å². The van der Waals surface area contributed by atoms with Crippen LogP contribution in [0.1, 0.15) is 24.5 Å². The number of rotatable bonds is 5. The first kappa shape index (κ1) is 18.1. The monoisotopic (exact) mass is 415 g/mol. The Kier molecular flexibility index (Phi) is 5.08. The Morgan fingerprint density at radius 1 is 1.12 bits per heavy atom. The van der Waals surface area contributed by atoms with Crippen molar-refractivity contribution in [2.75, 3.05) is 0 Å². The number of hydrogen-bond donors (Lipinski definition) is 2. The number of nitrogens with zero attached hydrogens (tertiary/aromatic N) is 1. The molecule has 2 N–H and O–H groups in total.